The van der Waals surface area contributed by atoms with Gasteiger partial charge in [-0.3, -0.25) is 0 Å². The van der Waals surface area contributed by atoms with Gasteiger partial charge in [0.25, 0.3) is 0 Å². The van der Waals surface area contributed by atoms with Gasteiger partial charge in [-0.1, -0.05) is 0 Å². The van der Waals surface area contributed by atoms with Crippen molar-refractivity contribution in [2.24, 2.45) is 0 Å². The van der Waals surface area contributed by atoms with E-state index in [0.717, 1.165) is 17.4 Å². The molecule has 0 spiro atoms. The van der Waals surface area contributed by atoms with Crippen LogP contribution in [0, 0.1) is 0 Å². The van der Waals surface area contributed by atoms with E-state index in [2.05, 4.69) is 0 Å². The number of sulfonamides is 1. The second-order valence-corrected chi connectivity index (χ2v) is 5.61. The molecule has 0 aromatic carbocycles. The summed E-state index contributed by atoms with van der Waals surface area (Å²) in [6, 6.07) is 1.13. The third-order valence-electron chi connectivity index (χ3n) is 1.56. The summed E-state index contributed by atoms with van der Waals surface area (Å²) < 4.78 is 59.5. The Labute approximate surface area is 93.8 Å². The zero-order chi connectivity index (χ0) is 12.4. The minimum absolute atomic E-state index is 0.272. The van der Waals surface area contributed by atoms with Gasteiger partial charge in [-0.15, -0.1) is 11.3 Å². The molecule has 1 aromatic rings. The van der Waals surface area contributed by atoms with Crippen LogP contribution in [0.3, 0.4) is 0 Å². The van der Waals surface area contributed by atoms with E-state index in [1.54, 1.807) is 0 Å². The summed E-state index contributed by atoms with van der Waals surface area (Å²) in [5.74, 6) is 0. The lowest BCUT2D eigenvalue weighted by molar-refractivity contribution is -0.121. The third-order valence-corrected chi connectivity index (χ3v) is 4.01. The highest BCUT2D eigenvalue weighted by Crippen LogP contribution is 2.20. The number of hydrogen-bond acceptors (Lipinski definition) is 4. The largest absolute Gasteiger partial charge is 0.402 e. The molecule has 0 atom stereocenters. The Balaban J connectivity index is 2.78. The Kier molecular flexibility index (Phi) is 3.94. The molecular weight excluding hydrogens is 267 g/mol. The van der Waals surface area contributed by atoms with Gasteiger partial charge in [0, 0.05) is 10.3 Å². The summed E-state index contributed by atoms with van der Waals surface area (Å²) in [6.45, 7) is -1.96. The number of alkyl halides is 3. The van der Waals surface area contributed by atoms with Crippen molar-refractivity contribution < 1.29 is 26.7 Å². The monoisotopic (exact) mass is 275 g/mol. The van der Waals surface area contributed by atoms with E-state index < -0.39 is 22.7 Å². The Bertz CT molecular complexity index is 452. The first-order valence-corrected chi connectivity index (χ1v) is 6.35. The predicted molar refractivity (Wildman–Crippen MR) is 51.5 cm³/mol. The topological polar surface area (TPSA) is 66.4 Å². The molecule has 0 radical (unpaired) electrons. The number of nitrogens with one attached hydrogen (secondary N) is 1. The summed E-state index contributed by atoms with van der Waals surface area (Å²) in [6.07, 6.45) is -4.59. The second-order valence-electron chi connectivity index (χ2n) is 2.85. The molecular formula is C7H8F3NO3S2. The molecule has 0 amide bonds. The van der Waals surface area contributed by atoms with Crippen molar-refractivity contribution in [2.75, 3.05) is 6.54 Å². The van der Waals surface area contributed by atoms with Gasteiger partial charge in [-0.05, 0) is 6.07 Å². The first kappa shape index (κ1) is 13.4. The molecule has 0 fully saturated rings. The fourth-order valence-electron chi connectivity index (χ4n) is 0.844. The second kappa shape index (κ2) is 4.70. The quantitative estimate of drug-likeness (QED) is 0.864. The van der Waals surface area contributed by atoms with Crippen LogP contribution in [0.2, 0.25) is 0 Å². The molecule has 1 rings (SSSR count). The van der Waals surface area contributed by atoms with Crippen molar-refractivity contribution in [1.29, 1.82) is 0 Å². The number of halogens is 3. The molecule has 0 unspecified atom stereocenters. The lowest BCUT2D eigenvalue weighted by atomic mass is 10.5. The van der Waals surface area contributed by atoms with Crippen LogP contribution < -0.4 is 4.72 Å². The molecule has 0 aliphatic rings. The fourth-order valence-corrected chi connectivity index (χ4v) is 2.99. The highest BCUT2D eigenvalue weighted by molar-refractivity contribution is 7.89. The van der Waals surface area contributed by atoms with E-state index in [9.17, 15) is 21.6 Å². The van der Waals surface area contributed by atoms with Gasteiger partial charge < -0.3 is 5.11 Å². The molecule has 2 N–H and O–H groups in total. The number of thiophene rings is 1. The van der Waals surface area contributed by atoms with Crippen LogP contribution >= 0.6 is 11.3 Å². The van der Waals surface area contributed by atoms with E-state index in [0.29, 0.717) is 4.88 Å². The zero-order valence-corrected chi connectivity index (χ0v) is 9.42. The summed E-state index contributed by atoms with van der Waals surface area (Å²) in [5.41, 5.74) is 0. The number of hydrogen-bond donors (Lipinski definition) is 2. The molecule has 1 heterocycles. The minimum atomic E-state index is -4.59. The molecule has 0 bridgehead atoms. The molecule has 0 aliphatic heterocycles. The van der Waals surface area contributed by atoms with E-state index in [-0.39, 0.29) is 11.5 Å². The van der Waals surface area contributed by atoms with Crippen LogP contribution in [-0.2, 0) is 16.6 Å². The Hall–Kier alpha value is -0.640. The van der Waals surface area contributed by atoms with E-state index in [4.69, 9.17) is 5.11 Å². The summed E-state index contributed by atoms with van der Waals surface area (Å²) in [7, 11) is -4.15. The molecule has 0 saturated carbocycles. The molecule has 9 heteroatoms. The third kappa shape index (κ3) is 3.74. The lowest BCUT2D eigenvalue weighted by Crippen LogP contribution is -2.33. The van der Waals surface area contributed by atoms with E-state index >= 15 is 0 Å². The average molecular weight is 275 g/mol. The molecule has 0 saturated heterocycles. The van der Waals surface area contributed by atoms with Crippen molar-refractivity contribution in [3.8, 4) is 0 Å². The highest BCUT2D eigenvalue weighted by atomic mass is 32.2. The molecule has 1 aromatic heterocycles. The van der Waals surface area contributed by atoms with Crippen molar-refractivity contribution in [2.45, 2.75) is 17.7 Å². The van der Waals surface area contributed by atoms with Crippen molar-refractivity contribution in [3.63, 3.8) is 0 Å². The molecule has 16 heavy (non-hydrogen) atoms. The van der Waals surface area contributed by atoms with Crippen LogP contribution in [0.5, 0.6) is 0 Å². The van der Waals surface area contributed by atoms with Gasteiger partial charge in [0.15, 0.2) is 0 Å². The first-order valence-electron chi connectivity index (χ1n) is 3.99. The maximum absolute atomic E-state index is 11.8. The first-order chi connectivity index (χ1) is 7.24. The molecule has 4 nitrogen and oxygen atoms in total. The summed E-state index contributed by atoms with van der Waals surface area (Å²) in [5, 5.41) is 9.86. The van der Waals surface area contributed by atoms with Gasteiger partial charge in [-0.2, -0.15) is 13.2 Å². The van der Waals surface area contributed by atoms with Crippen molar-refractivity contribution >= 4 is 21.4 Å². The van der Waals surface area contributed by atoms with Gasteiger partial charge in [-0.25, -0.2) is 13.1 Å². The van der Waals surface area contributed by atoms with Crippen LogP contribution in [0.4, 0.5) is 13.2 Å². The molecule has 92 valence electrons. The normalized spacial score (nSPS) is 13.0. The average Bonchev–Trinajstić information content (AvgIpc) is 2.62. The maximum Gasteiger partial charge on any atom is 0.402 e. The Morgan fingerprint density at radius 1 is 1.44 bits per heavy atom. The molecule has 0 aliphatic carbocycles. The number of aliphatic hydroxyl groups is 1. The van der Waals surface area contributed by atoms with Crippen LogP contribution in [0.15, 0.2) is 16.3 Å². The van der Waals surface area contributed by atoms with Crippen molar-refractivity contribution in [1.82, 2.24) is 4.72 Å². The van der Waals surface area contributed by atoms with E-state index in [1.807, 2.05) is 0 Å². The van der Waals surface area contributed by atoms with Gasteiger partial charge in [0.1, 0.15) is 6.54 Å². The fraction of sp³-hybridized carbons (Fsp3) is 0.429. The van der Waals surface area contributed by atoms with Crippen LogP contribution in [-0.4, -0.2) is 26.2 Å². The Morgan fingerprint density at radius 3 is 2.50 bits per heavy atom. The maximum atomic E-state index is 11.8. The Morgan fingerprint density at radius 2 is 2.06 bits per heavy atom. The van der Waals surface area contributed by atoms with Crippen LogP contribution in [0.25, 0.3) is 0 Å². The zero-order valence-electron chi connectivity index (χ0n) is 7.78. The lowest BCUT2D eigenvalue weighted by Gasteiger charge is -2.07. The smallest absolute Gasteiger partial charge is 0.391 e. The summed E-state index contributed by atoms with van der Waals surface area (Å²) in [4.78, 5) is 0.0955. The minimum Gasteiger partial charge on any atom is -0.391 e. The number of rotatable bonds is 4. The van der Waals surface area contributed by atoms with Gasteiger partial charge in [0.05, 0.1) is 11.5 Å². The van der Waals surface area contributed by atoms with Gasteiger partial charge in [0.2, 0.25) is 10.0 Å². The number of aliphatic hydroxyl groups excluding tert-OH is 1. The standard InChI is InChI=1S/C7H8F3NO3S2/c8-7(9,10)4-11-16(13,14)6-1-5(2-12)15-3-6/h1,3,11-12H,2,4H2. The van der Waals surface area contributed by atoms with Gasteiger partial charge >= 0.3 is 6.18 Å². The van der Waals surface area contributed by atoms with E-state index in [1.165, 1.54) is 10.1 Å². The summed E-state index contributed by atoms with van der Waals surface area (Å²) >= 11 is 0.959. The van der Waals surface area contributed by atoms with Crippen LogP contribution in [0.1, 0.15) is 4.88 Å². The highest BCUT2D eigenvalue weighted by Gasteiger charge is 2.30. The predicted octanol–water partition coefficient (Wildman–Crippen LogP) is 1.08. The SMILES string of the molecule is O=S(=O)(NCC(F)(F)F)c1csc(CO)c1. The van der Waals surface area contributed by atoms with Crippen molar-refractivity contribution in [3.05, 3.63) is 16.3 Å².